The Bertz CT molecular complexity index is 528. The first kappa shape index (κ1) is 13.4. The van der Waals surface area contributed by atoms with Crippen LogP contribution in [-0.4, -0.2) is 23.9 Å². The van der Waals surface area contributed by atoms with Gasteiger partial charge in [-0.1, -0.05) is 19.1 Å². The van der Waals surface area contributed by atoms with Crippen molar-refractivity contribution in [1.29, 1.82) is 5.26 Å². The van der Waals surface area contributed by atoms with Crippen molar-refractivity contribution in [3.63, 3.8) is 0 Å². The number of nitriles is 1. The van der Waals surface area contributed by atoms with Crippen LogP contribution >= 0.6 is 0 Å². The fourth-order valence-corrected chi connectivity index (χ4v) is 2.37. The molecule has 3 nitrogen and oxygen atoms in total. The van der Waals surface area contributed by atoms with Gasteiger partial charge in [-0.3, -0.25) is 4.79 Å². The summed E-state index contributed by atoms with van der Waals surface area (Å²) in [5.74, 6) is 0.655. The molecule has 1 amide bonds. The fraction of sp³-hybridized carbons (Fsp3) is 0.375. The molecule has 1 heterocycles. The zero-order chi connectivity index (χ0) is 13.7. The Morgan fingerprint density at radius 2 is 2.37 bits per heavy atom. The highest BCUT2D eigenvalue weighted by molar-refractivity contribution is 5.91. The van der Waals surface area contributed by atoms with E-state index in [-0.39, 0.29) is 5.91 Å². The molecule has 0 aromatic heterocycles. The average Bonchev–Trinajstić information content (AvgIpc) is 2.45. The lowest BCUT2D eigenvalue weighted by Crippen LogP contribution is -2.38. The van der Waals surface area contributed by atoms with Crippen LogP contribution in [0.4, 0.5) is 0 Å². The van der Waals surface area contributed by atoms with Gasteiger partial charge in [0.05, 0.1) is 11.6 Å². The SMILES string of the molecule is CC1CCCN(C(=O)C=Cc2cccc(C#N)c2)C1. The lowest BCUT2D eigenvalue weighted by atomic mass is 10.0. The molecule has 98 valence electrons. The van der Waals surface area contributed by atoms with E-state index in [4.69, 9.17) is 5.26 Å². The molecule has 0 saturated carbocycles. The second-order valence-corrected chi connectivity index (χ2v) is 5.10. The van der Waals surface area contributed by atoms with Crippen molar-refractivity contribution in [2.45, 2.75) is 19.8 Å². The topological polar surface area (TPSA) is 44.1 Å². The number of hydrogen-bond donors (Lipinski definition) is 0. The van der Waals surface area contributed by atoms with Gasteiger partial charge in [-0.2, -0.15) is 5.26 Å². The summed E-state index contributed by atoms with van der Waals surface area (Å²) < 4.78 is 0. The van der Waals surface area contributed by atoms with Gasteiger partial charge in [-0.05, 0) is 42.5 Å². The number of amides is 1. The summed E-state index contributed by atoms with van der Waals surface area (Å²) in [7, 11) is 0. The molecule has 19 heavy (non-hydrogen) atoms. The number of rotatable bonds is 2. The van der Waals surface area contributed by atoms with Gasteiger partial charge in [0.15, 0.2) is 0 Å². The molecule has 3 heteroatoms. The quantitative estimate of drug-likeness (QED) is 0.762. The minimum atomic E-state index is 0.0638. The first-order valence-corrected chi connectivity index (χ1v) is 6.66. The molecule has 0 bridgehead atoms. The summed E-state index contributed by atoms with van der Waals surface area (Å²) in [5.41, 5.74) is 1.50. The monoisotopic (exact) mass is 254 g/mol. The third-order valence-electron chi connectivity index (χ3n) is 3.40. The van der Waals surface area contributed by atoms with Gasteiger partial charge >= 0.3 is 0 Å². The summed E-state index contributed by atoms with van der Waals surface area (Å²) in [5, 5.41) is 8.82. The predicted octanol–water partition coefficient (Wildman–Crippen LogP) is 2.83. The summed E-state index contributed by atoms with van der Waals surface area (Å²) in [6.45, 7) is 3.88. The van der Waals surface area contributed by atoms with E-state index in [1.165, 1.54) is 6.42 Å². The van der Waals surface area contributed by atoms with Crippen LogP contribution in [0.25, 0.3) is 6.08 Å². The van der Waals surface area contributed by atoms with Crippen LogP contribution in [0.2, 0.25) is 0 Å². The molecule has 0 aliphatic carbocycles. The highest BCUT2D eigenvalue weighted by atomic mass is 16.2. The molecule has 1 aromatic carbocycles. The molecule has 1 aliphatic rings. The van der Waals surface area contributed by atoms with Crippen molar-refractivity contribution < 1.29 is 4.79 Å². The Kier molecular flexibility index (Phi) is 4.35. The predicted molar refractivity (Wildman–Crippen MR) is 75.2 cm³/mol. The minimum Gasteiger partial charge on any atom is -0.339 e. The second-order valence-electron chi connectivity index (χ2n) is 5.10. The number of hydrogen-bond acceptors (Lipinski definition) is 2. The smallest absolute Gasteiger partial charge is 0.246 e. The standard InChI is InChI=1S/C16H18N2O/c1-13-4-3-9-18(12-13)16(19)8-7-14-5-2-6-15(10-14)11-17/h2,5-8,10,13H,3-4,9,12H2,1H3. The maximum Gasteiger partial charge on any atom is 0.246 e. The van der Waals surface area contributed by atoms with Gasteiger partial charge in [0.1, 0.15) is 0 Å². The summed E-state index contributed by atoms with van der Waals surface area (Å²) in [6, 6.07) is 9.35. The van der Waals surface area contributed by atoms with Crippen LogP contribution in [0.3, 0.4) is 0 Å². The van der Waals surface area contributed by atoms with E-state index in [9.17, 15) is 4.79 Å². The second kappa shape index (κ2) is 6.19. The van der Waals surface area contributed by atoms with Crippen LogP contribution < -0.4 is 0 Å². The maximum absolute atomic E-state index is 12.0. The molecule has 1 aliphatic heterocycles. The molecule has 0 spiro atoms. The van der Waals surface area contributed by atoms with E-state index in [1.54, 1.807) is 24.3 Å². The van der Waals surface area contributed by atoms with Crippen LogP contribution in [0.5, 0.6) is 0 Å². The van der Waals surface area contributed by atoms with Crippen molar-refractivity contribution in [2.75, 3.05) is 13.1 Å². The lowest BCUT2D eigenvalue weighted by Gasteiger charge is -2.30. The number of piperidine rings is 1. The number of nitrogens with zero attached hydrogens (tertiary/aromatic N) is 2. The maximum atomic E-state index is 12.0. The zero-order valence-corrected chi connectivity index (χ0v) is 11.2. The van der Waals surface area contributed by atoms with Gasteiger partial charge in [-0.15, -0.1) is 0 Å². The number of benzene rings is 1. The van der Waals surface area contributed by atoms with Crippen LogP contribution in [-0.2, 0) is 4.79 Å². The van der Waals surface area contributed by atoms with Crippen molar-refractivity contribution >= 4 is 12.0 Å². The Morgan fingerprint density at radius 1 is 1.53 bits per heavy atom. The third-order valence-corrected chi connectivity index (χ3v) is 3.40. The summed E-state index contributed by atoms with van der Waals surface area (Å²) >= 11 is 0. The van der Waals surface area contributed by atoms with Crippen LogP contribution in [0, 0.1) is 17.2 Å². The van der Waals surface area contributed by atoms with E-state index in [2.05, 4.69) is 13.0 Å². The van der Waals surface area contributed by atoms with Gasteiger partial charge < -0.3 is 4.90 Å². The molecule has 2 rings (SSSR count). The summed E-state index contributed by atoms with van der Waals surface area (Å²) in [4.78, 5) is 13.9. The van der Waals surface area contributed by atoms with Crippen LogP contribution in [0.15, 0.2) is 30.3 Å². The Labute approximate surface area is 114 Å². The highest BCUT2D eigenvalue weighted by Gasteiger charge is 2.18. The molecule has 1 unspecified atom stereocenters. The number of carbonyl (C=O) groups is 1. The molecule has 0 N–H and O–H groups in total. The van der Waals surface area contributed by atoms with Crippen molar-refractivity contribution in [1.82, 2.24) is 4.90 Å². The highest BCUT2D eigenvalue weighted by Crippen LogP contribution is 2.16. The third kappa shape index (κ3) is 3.69. The first-order chi connectivity index (χ1) is 9.19. The zero-order valence-electron chi connectivity index (χ0n) is 11.2. The largest absolute Gasteiger partial charge is 0.339 e. The van der Waals surface area contributed by atoms with Gasteiger partial charge in [0.25, 0.3) is 0 Å². The van der Waals surface area contributed by atoms with Crippen molar-refractivity contribution in [2.24, 2.45) is 5.92 Å². The van der Waals surface area contributed by atoms with E-state index in [0.29, 0.717) is 11.5 Å². The lowest BCUT2D eigenvalue weighted by molar-refractivity contribution is -0.127. The van der Waals surface area contributed by atoms with E-state index >= 15 is 0 Å². The Morgan fingerprint density at radius 3 is 3.11 bits per heavy atom. The minimum absolute atomic E-state index is 0.0638. The molecule has 1 saturated heterocycles. The number of likely N-dealkylation sites (tertiary alicyclic amines) is 1. The molecule has 1 fully saturated rings. The van der Waals surface area contributed by atoms with Gasteiger partial charge in [0, 0.05) is 19.2 Å². The van der Waals surface area contributed by atoms with Crippen molar-refractivity contribution in [3.05, 3.63) is 41.5 Å². The van der Waals surface area contributed by atoms with E-state index in [0.717, 1.165) is 25.1 Å². The normalized spacial score (nSPS) is 19.4. The van der Waals surface area contributed by atoms with Crippen molar-refractivity contribution in [3.8, 4) is 6.07 Å². The van der Waals surface area contributed by atoms with Gasteiger partial charge in [0.2, 0.25) is 5.91 Å². The first-order valence-electron chi connectivity index (χ1n) is 6.66. The Balaban J connectivity index is 2.01. The molecule has 1 atom stereocenters. The molecule has 0 radical (unpaired) electrons. The number of carbonyl (C=O) groups excluding carboxylic acids is 1. The van der Waals surface area contributed by atoms with E-state index < -0.39 is 0 Å². The average molecular weight is 254 g/mol. The molecular weight excluding hydrogens is 236 g/mol. The molecular formula is C16H18N2O. The molecule has 1 aromatic rings. The summed E-state index contributed by atoms with van der Waals surface area (Å²) in [6.07, 6.45) is 5.68. The van der Waals surface area contributed by atoms with E-state index in [1.807, 2.05) is 17.0 Å². The van der Waals surface area contributed by atoms with Gasteiger partial charge in [-0.25, -0.2) is 0 Å². The fourth-order valence-electron chi connectivity index (χ4n) is 2.37. The van der Waals surface area contributed by atoms with Crippen LogP contribution in [0.1, 0.15) is 30.9 Å². The Hall–Kier alpha value is -2.08.